The highest BCUT2D eigenvalue weighted by Crippen LogP contribution is 2.20. The molecule has 0 saturated heterocycles. The molecule has 0 aliphatic rings. The summed E-state index contributed by atoms with van der Waals surface area (Å²) in [5, 5.41) is 15.4. The first-order chi connectivity index (χ1) is 9.63. The van der Waals surface area contributed by atoms with Crippen LogP contribution in [0.1, 0.15) is 6.92 Å². The van der Waals surface area contributed by atoms with Crippen LogP contribution >= 0.6 is 11.6 Å². The van der Waals surface area contributed by atoms with Gasteiger partial charge in [0.25, 0.3) is 0 Å². The molecule has 3 aromatic rings. The van der Waals surface area contributed by atoms with Crippen LogP contribution in [0, 0.1) is 0 Å². The summed E-state index contributed by atoms with van der Waals surface area (Å²) in [5.74, 6) is 0.482. The normalized spacial score (nSPS) is 10.7. The first kappa shape index (κ1) is 12.6. The third kappa shape index (κ3) is 2.33. The molecule has 100 valence electrons. The summed E-state index contributed by atoms with van der Waals surface area (Å²) < 4.78 is 1.58. The number of aromatic nitrogens is 4. The predicted molar refractivity (Wildman–Crippen MR) is 75.5 cm³/mol. The van der Waals surface area contributed by atoms with Gasteiger partial charge >= 0.3 is 0 Å². The Morgan fingerprint density at radius 2 is 1.90 bits per heavy atom. The van der Waals surface area contributed by atoms with Crippen LogP contribution in [0.25, 0.3) is 17.0 Å². The summed E-state index contributed by atoms with van der Waals surface area (Å²) in [6.45, 7) is 1.46. The van der Waals surface area contributed by atoms with Gasteiger partial charge in [0.05, 0.1) is 0 Å². The van der Waals surface area contributed by atoms with E-state index in [1.54, 1.807) is 28.8 Å². The zero-order chi connectivity index (χ0) is 14.1. The Morgan fingerprint density at radius 1 is 1.15 bits per heavy atom. The molecule has 0 fully saturated rings. The van der Waals surface area contributed by atoms with Gasteiger partial charge in [0, 0.05) is 18.2 Å². The first-order valence-electron chi connectivity index (χ1n) is 5.89. The molecule has 3 rings (SSSR count). The highest BCUT2D eigenvalue weighted by molar-refractivity contribution is 6.29. The smallest absolute Gasteiger partial charge is 0.221 e. The largest absolute Gasteiger partial charge is 0.326 e. The molecule has 0 saturated carbocycles. The SMILES string of the molecule is CC(=O)Nc1ccc(-c2nnc3ccc(Cl)nn23)cc1. The Hall–Kier alpha value is -2.47. The van der Waals surface area contributed by atoms with Crippen LogP contribution in [-0.2, 0) is 4.79 Å². The van der Waals surface area contributed by atoms with Gasteiger partial charge < -0.3 is 5.32 Å². The van der Waals surface area contributed by atoms with Gasteiger partial charge in [0.1, 0.15) is 5.15 Å². The molecule has 1 aromatic carbocycles. The third-order valence-electron chi connectivity index (χ3n) is 2.69. The van der Waals surface area contributed by atoms with Gasteiger partial charge in [-0.3, -0.25) is 4.79 Å². The van der Waals surface area contributed by atoms with Crippen molar-refractivity contribution in [2.45, 2.75) is 6.92 Å². The molecule has 0 unspecified atom stereocenters. The van der Waals surface area contributed by atoms with Gasteiger partial charge in [-0.15, -0.1) is 10.2 Å². The quantitative estimate of drug-likeness (QED) is 0.785. The number of anilines is 1. The number of halogens is 1. The van der Waals surface area contributed by atoms with E-state index < -0.39 is 0 Å². The molecule has 0 aliphatic heterocycles. The van der Waals surface area contributed by atoms with Gasteiger partial charge in [0.15, 0.2) is 11.5 Å². The minimum Gasteiger partial charge on any atom is -0.326 e. The lowest BCUT2D eigenvalue weighted by atomic mass is 10.2. The van der Waals surface area contributed by atoms with Gasteiger partial charge in [-0.25, -0.2) is 0 Å². The van der Waals surface area contributed by atoms with E-state index >= 15 is 0 Å². The number of rotatable bonds is 2. The number of hydrogen-bond donors (Lipinski definition) is 1. The molecular formula is C13H10ClN5O. The Balaban J connectivity index is 2.02. The van der Waals surface area contributed by atoms with Crippen molar-refractivity contribution >= 4 is 28.8 Å². The zero-order valence-corrected chi connectivity index (χ0v) is 11.3. The number of nitrogens with zero attached hydrogens (tertiary/aromatic N) is 4. The second-order valence-corrected chi connectivity index (χ2v) is 4.60. The standard InChI is InChI=1S/C13H10ClN5O/c1-8(20)15-10-4-2-9(3-5-10)13-17-16-12-7-6-11(14)18-19(12)13/h2-7H,1H3,(H,15,20). The first-order valence-corrected chi connectivity index (χ1v) is 6.27. The molecule has 6 nitrogen and oxygen atoms in total. The van der Waals surface area contributed by atoms with Crippen molar-refractivity contribution in [3.8, 4) is 11.4 Å². The minimum absolute atomic E-state index is 0.112. The Morgan fingerprint density at radius 3 is 2.60 bits per heavy atom. The van der Waals surface area contributed by atoms with Crippen molar-refractivity contribution in [3.05, 3.63) is 41.6 Å². The van der Waals surface area contributed by atoms with Crippen LogP contribution in [0.4, 0.5) is 5.69 Å². The molecule has 0 atom stereocenters. The highest BCUT2D eigenvalue weighted by atomic mass is 35.5. The van der Waals surface area contributed by atoms with Crippen LogP contribution < -0.4 is 5.32 Å². The van der Waals surface area contributed by atoms with E-state index in [2.05, 4.69) is 20.6 Å². The van der Waals surface area contributed by atoms with Gasteiger partial charge in [0.2, 0.25) is 5.91 Å². The topological polar surface area (TPSA) is 72.2 Å². The molecule has 0 bridgehead atoms. The molecule has 0 spiro atoms. The van der Waals surface area contributed by atoms with E-state index in [1.807, 2.05) is 12.1 Å². The van der Waals surface area contributed by atoms with Crippen LogP contribution in [0.5, 0.6) is 0 Å². The van der Waals surface area contributed by atoms with Crippen LogP contribution in [-0.4, -0.2) is 25.7 Å². The Bertz CT molecular complexity index is 781. The third-order valence-corrected chi connectivity index (χ3v) is 2.90. The van der Waals surface area contributed by atoms with Crippen molar-refractivity contribution in [1.29, 1.82) is 0 Å². The Labute approximate surface area is 119 Å². The van der Waals surface area contributed by atoms with Crippen molar-refractivity contribution in [2.24, 2.45) is 0 Å². The maximum absolute atomic E-state index is 11.0. The summed E-state index contributed by atoms with van der Waals surface area (Å²) in [5.41, 5.74) is 2.18. The molecule has 1 amide bonds. The lowest BCUT2D eigenvalue weighted by molar-refractivity contribution is -0.114. The fourth-order valence-corrected chi connectivity index (χ4v) is 1.99. The minimum atomic E-state index is -0.112. The number of carbonyl (C=O) groups excluding carboxylic acids is 1. The number of hydrogen-bond acceptors (Lipinski definition) is 4. The lowest BCUT2D eigenvalue weighted by Gasteiger charge is -2.03. The van der Waals surface area contributed by atoms with Gasteiger partial charge in [-0.2, -0.15) is 9.61 Å². The number of benzene rings is 1. The monoisotopic (exact) mass is 287 g/mol. The van der Waals surface area contributed by atoms with E-state index in [9.17, 15) is 4.79 Å². The second-order valence-electron chi connectivity index (χ2n) is 4.21. The van der Waals surface area contributed by atoms with Crippen molar-refractivity contribution in [3.63, 3.8) is 0 Å². The van der Waals surface area contributed by atoms with Crippen LogP contribution in [0.15, 0.2) is 36.4 Å². The van der Waals surface area contributed by atoms with Crippen LogP contribution in [0.2, 0.25) is 5.15 Å². The molecule has 1 N–H and O–H groups in total. The number of carbonyl (C=O) groups is 1. The molecule has 20 heavy (non-hydrogen) atoms. The fraction of sp³-hybridized carbons (Fsp3) is 0.0769. The number of fused-ring (bicyclic) bond motifs is 1. The summed E-state index contributed by atoms with van der Waals surface area (Å²) in [6.07, 6.45) is 0. The summed E-state index contributed by atoms with van der Waals surface area (Å²) >= 11 is 5.88. The molecule has 0 aliphatic carbocycles. The maximum atomic E-state index is 11.0. The van der Waals surface area contributed by atoms with E-state index in [1.165, 1.54) is 6.92 Å². The summed E-state index contributed by atoms with van der Waals surface area (Å²) in [6, 6.07) is 10.7. The summed E-state index contributed by atoms with van der Waals surface area (Å²) in [7, 11) is 0. The predicted octanol–water partition coefficient (Wildman–Crippen LogP) is 2.40. The van der Waals surface area contributed by atoms with Crippen molar-refractivity contribution < 1.29 is 4.79 Å². The molecule has 0 radical (unpaired) electrons. The van der Waals surface area contributed by atoms with E-state index in [-0.39, 0.29) is 5.91 Å². The average Bonchev–Trinajstić information content (AvgIpc) is 2.82. The number of amides is 1. The van der Waals surface area contributed by atoms with Crippen molar-refractivity contribution in [1.82, 2.24) is 19.8 Å². The van der Waals surface area contributed by atoms with E-state index in [0.29, 0.717) is 16.6 Å². The van der Waals surface area contributed by atoms with Crippen LogP contribution in [0.3, 0.4) is 0 Å². The highest BCUT2D eigenvalue weighted by Gasteiger charge is 2.09. The van der Waals surface area contributed by atoms with E-state index in [0.717, 1.165) is 11.3 Å². The maximum Gasteiger partial charge on any atom is 0.221 e. The van der Waals surface area contributed by atoms with Crippen molar-refractivity contribution in [2.75, 3.05) is 5.32 Å². The second kappa shape index (κ2) is 4.90. The Kier molecular flexibility index (Phi) is 3.08. The molecule has 2 aromatic heterocycles. The van der Waals surface area contributed by atoms with Gasteiger partial charge in [-0.05, 0) is 36.4 Å². The summed E-state index contributed by atoms with van der Waals surface area (Å²) in [4.78, 5) is 11.0. The molecule has 2 heterocycles. The zero-order valence-electron chi connectivity index (χ0n) is 10.5. The average molecular weight is 288 g/mol. The molecular weight excluding hydrogens is 278 g/mol. The fourth-order valence-electron chi connectivity index (χ4n) is 1.85. The lowest BCUT2D eigenvalue weighted by Crippen LogP contribution is -2.05. The molecule has 7 heteroatoms. The van der Waals surface area contributed by atoms with Gasteiger partial charge in [-0.1, -0.05) is 11.6 Å². The number of nitrogens with one attached hydrogen (secondary N) is 1. The van der Waals surface area contributed by atoms with E-state index in [4.69, 9.17) is 11.6 Å².